The SMILES string of the molecule is Cc1ccccc1-c1cccc2c(CCCOc3ccc(F)c(F)c3F)c(C(=O)O)[nH]c12. The summed E-state index contributed by atoms with van der Waals surface area (Å²) in [4.78, 5) is 14.9. The van der Waals surface area contributed by atoms with Gasteiger partial charge in [0.05, 0.1) is 12.1 Å². The molecule has 0 aliphatic rings. The molecule has 0 saturated carbocycles. The van der Waals surface area contributed by atoms with Crippen LogP contribution in [0.1, 0.15) is 28.0 Å². The normalized spacial score (nSPS) is 11.1. The number of carboxylic acid groups (broad SMARTS) is 1. The molecule has 7 heteroatoms. The number of aromatic carboxylic acids is 1. The third-order valence-electron chi connectivity index (χ3n) is 5.42. The van der Waals surface area contributed by atoms with Crippen LogP contribution in [0.2, 0.25) is 0 Å². The minimum atomic E-state index is -1.59. The second kappa shape index (κ2) is 8.78. The predicted molar refractivity (Wildman–Crippen MR) is 116 cm³/mol. The van der Waals surface area contributed by atoms with E-state index in [2.05, 4.69) is 4.98 Å². The number of H-pyrrole nitrogens is 1. The molecule has 0 saturated heterocycles. The van der Waals surface area contributed by atoms with Crippen LogP contribution in [0.25, 0.3) is 22.0 Å². The van der Waals surface area contributed by atoms with Crippen LogP contribution in [-0.2, 0) is 6.42 Å². The van der Waals surface area contributed by atoms with E-state index in [1.54, 1.807) is 0 Å². The van der Waals surface area contributed by atoms with E-state index < -0.39 is 23.4 Å². The Morgan fingerprint density at radius 1 is 0.969 bits per heavy atom. The van der Waals surface area contributed by atoms with Gasteiger partial charge in [-0.2, -0.15) is 4.39 Å². The van der Waals surface area contributed by atoms with Crippen molar-refractivity contribution in [2.24, 2.45) is 0 Å². The molecular formula is C25H20F3NO3. The number of fused-ring (bicyclic) bond motifs is 1. The van der Waals surface area contributed by atoms with Gasteiger partial charge in [-0.1, -0.05) is 42.5 Å². The maximum atomic E-state index is 13.8. The van der Waals surface area contributed by atoms with Crippen molar-refractivity contribution < 1.29 is 27.8 Å². The Morgan fingerprint density at radius 3 is 2.47 bits per heavy atom. The Kier molecular flexibility index (Phi) is 5.90. The van der Waals surface area contributed by atoms with Crippen LogP contribution in [0.4, 0.5) is 13.2 Å². The van der Waals surface area contributed by atoms with Gasteiger partial charge in [-0.15, -0.1) is 0 Å². The number of para-hydroxylation sites is 1. The number of aromatic nitrogens is 1. The molecule has 0 aliphatic heterocycles. The Hall–Kier alpha value is -3.74. The van der Waals surface area contributed by atoms with Crippen molar-refractivity contribution in [2.45, 2.75) is 19.8 Å². The number of aromatic amines is 1. The average Bonchev–Trinajstić information content (AvgIpc) is 3.16. The molecular weight excluding hydrogens is 419 g/mol. The Bertz CT molecular complexity index is 1310. The van der Waals surface area contributed by atoms with E-state index in [0.29, 0.717) is 18.4 Å². The number of benzene rings is 3. The van der Waals surface area contributed by atoms with Crippen molar-refractivity contribution in [2.75, 3.05) is 6.61 Å². The lowest BCUT2D eigenvalue weighted by Crippen LogP contribution is -2.05. The molecule has 0 aliphatic carbocycles. The zero-order chi connectivity index (χ0) is 22.8. The molecule has 4 nitrogen and oxygen atoms in total. The van der Waals surface area contributed by atoms with Gasteiger partial charge in [-0.25, -0.2) is 13.6 Å². The molecule has 32 heavy (non-hydrogen) atoms. The molecule has 164 valence electrons. The van der Waals surface area contributed by atoms with Crippen LogP contribution in [0.5, 0.6) is 5.75 Å². The minimum absolute atomic E-state index is 0.00517. The second-order valence-corrected chi connectivity index (χ2v) is 7.45. The zero-order valence-corrected chi connectivity index (χ0v) is 17.2. The smallest absolute Gasteiger partial charge is 0.352 e. The number of rotatable bonds is 7. The zero-order valence-electron chi connectivity index (χ0n) is 17.2. The summed E-state index contributed by atoms with van der Waals surface area (Å²) >= 11 is 0. The van der Waals surface area contributed by atoms with Gasteiger partial charge in [0.1, 0.15) is 5.69 Å². The fourth-order valence-corrected chi connectivity index (χ4v) is 3.87. The van der Waals surface area contributed by atoms with E-state index in [1.165, 1.54) is 0 Å². The largest absolute Gasteiger partial charge is 0.490 e. The summed E-state index contributed by atoms with van der Waals surface area (Å²) in [5.41, 5.74) is 4.38. The minimum Gasteiger partial charge on any atom is -0.490 e. The first-order valence-corrected chi connectivity index (χ1v) is 10.1. The summed E-state index contributed by atoms with van der Waals surface area (Å²) in [5.74, 6) is -5.73. The van der Waals surface area contributed by atoms with Crippen LogP contribution in [0.15, 0.2) is 54.6 Å². The van der Waals surface area contributed by atoms with E-state index in [1.807, 2.05) is 49.4 Å². The summed E-state index contributed by atoms with van der Waals surface area (Å²) in [6.45, 7) is 2.00. The number of hydrogen-bond acceptors (Lipinski definition) is 2. The average molecular weight is 439 g/mol. The van der Waals surface area contributed by atoms with Gasteiger partial charge in [0.25, 0.3) is 0 Å². The Labute approximate surface area is 182 Å². The highest BCUT2D eigenvalue weighted by Gasteiger charge is 2.20. The molecule has 1 aromatic heterocycles. The fraction of sp³-hybridized carbons (Fsp3) is 0.160. The topological polar surface area (TPSA) is 62.3 Å². The second-order valence-electron chi connectivity index (χ2n) is 7.45. The van der Waals surface area contributed by atoms with Crippen LogP contribution in [-0.4, -0.2) is 22.7 Å². The summed E-state index contributed by atoms with van der Waals surface area (Å²) < 4.78 is 45.4. The van der Waals surface area contributed by atoms with E-state index in [9.17, 15) is 23.1 Å². The molecule has 0 spiro atoms. The number of carboxylic acids is 1. The first kappa shape index (κ1) is 21.5. The van der Waals surface area contributed by atoms with E-state index >= 15 is 0 Å². The van der Waals surface area contributed by atoms with Gasteiger partial charge in [0, 0.05) is 10.9 Å². The van der Waals surface area contributed by atoms with E-state index in [4.69, 9.17) is 4.74 Å². The number of hydrogen-bond donors (Lipinski definition) is 2. The van der Waals surface area contributed by atoms with Gasteiger partial charge in [-0.05, 0) is 48.6 Å². The molecule has 0 bridgehead atoms. The molecule has 0 fully saturated rings. The third-order valence-corrected chi connectivity index (χ3v) is 5.42. The highest BCUT2D eigenvalue weighted by molar-refractivity contribution is 6.03. The first-order chi connectivity index (χ1) is 15.4. The molecule has 0 unspecified atom stereocenters. The van der Waals surface area contributed by atoms with Crippen molar-refractivity contribution in [3.8, 4) is 16.9 Å². The standard InChI is InChI=1S/C25H20F3NO3/c1-14-6-2-3-7-15(14)16-8-4-9-17-18(24(25(30)31)29-23(16)17)10-5-13-32-20-12-11-19(26)21(27)22(20)28/h2-4,6-9,11-12,29H,5,10,13H2,1H3,(H,30,31). The summed E-state index contributed by atoms with van der Waals surface area (Å²) in [6.07, 6.45) is 0.685. The third kappa shape index (κ3) is 3.93. The first-order valence-electron chi connectivity index (χ1n) is 10.1. The van der Waals surface area contributed by atoms with Crippen molar-refractivity contribution in [3.63, 3.8) is 0 Å². The van der Waals surface area contributed by atoms with Crippen molar-refractivity contribution in [1.82, 2.24) is 4.98 Å². The van der Waals surface area contributed by atoms with E-state index in [-0.39, 0.29) is 18.1 Å². The number of aryl methyl sites for hydroxylation is 2. The summed E-state index contributed by atoms with van der Waals surface area (Å²) in [6, 6.07) is 15.3. The molecule has 1 heterocycles. The molecule has 0 atom stereocenters. The van der Waals surface area contributed by atoms with Gasteiger partial charge in [0.15, 0.2) is 17.4 Å². The highest BCUT2D eigenvalue weighted by atomic mass is 19.2. The monoisotopic (exact) mass is 439 g/mol. The van der Waals surface area contributed by atoms with Gasteiger partial charge in [-0.3, -0.25) is 0 Å². The van der Waals surface area contributed by atoms with Crippen molar-refractivity contribution in [3.05, 3.63) is 88.9 Å². The van der Waals surface area contributed by atoms with Crippen LogP contribution < -0.4 is 4.74 Å². The Balaban J connectivity index is 1.61. The maximum Gasteiger partial charge on any atom is 0.352 e. The number of halogens is 3. The van der Waals surface area contributed by atoms with Crippen molar-refractivity contribution in [1.29, 1.82) is 0 Å². The maximum absolute atomic E-state index is 13.8. The van der Waals surface area contributed by atoms with Crippen LogP contribution in [0.3, 0.4) is 0 Å². The Morgan fingerprint density at radius 2 is 1.72 bits per heavy atom. The predicted octanol–water partition coefficient (Wildman–Crippen LogP) is 6.27. The number of carbonyl (C=O) groups is 1. The summed E-state index contributed by atoms with van der Waals surface area (Å²) in [5, 5.41) is 10.5. The van der Waals surface area contributed by atoms with Crippen LogP contribution >= 0.6 is 0 Å². The molecule has 4 aromatic rings. The quantitative estimate of drug-likeness (QED) is 0.264. The fourth-order valence-electron chi connectivity index (χ4n) is 3.87. The lowest BCUT2D eigenvalue weighted by molar-refractivity contribution is 0.0690. The van der Waals surface area contributed by atoms with Gasteiger partial charge >= 0.3 is 5.97 Å². The van der Waals surface area contributed by atoms with Crippen LogP contribution in [0, 0.1) is 24.4 Å². The van der Waals surface area contributed by atoms with Crippen molar-refractivity contribution >= 4 is 16.9 Å². The summed E-state index contributed by atoms with van der Waals surface area (Å²) in [7, 11) is 0. The van der Waals surface area contributed by atoms with Gasteiger partial charge in [0.2, 0.25) is 5.82 Å². The lowest BCUT2D eigenvalue weighted by atomic mass is 9.97. The van der Waals surface area contributed by atoms with E-state index in [0.717, 1.165) is 39.7 Å². The number of ether oxygens (including phenoxy) is 1. The molecule has 0 radical (unpaired) electrons. The molecule has 3 aromatic carbocycles. The van der Waals surface area contributed by atoms with Gasteiger partial charge < -0.3 is 14.8 Å². The number of nitrogens with one attached hydrogen (secondary N) is 1. The molecule has 0 amide bonds. The molecule has 2 N–H and O–H groups in total. The molecule has 4 rings (SSSR count). The lowest BCUT2D eigenvalue weighted by Gasteiger charge is -2.09. The highest BCUT2D eigenvalue weighted by Crippen LogP contribution is 2.34.